The van der Waals surface area contributed by atoms with Crippen molar-refractivity contribution in [1.29, 1.82) is 0 Å². The normalized spacial score (nSPS) is 10.5. The molecule has 0 radical (unpaired) electrons. The highest BCUT2D eigenvalue weighted by molar-refractivity contribution is 6.30. The second kappa shape index (κ2) is 8.18. The third-order valence-electron chi connectivity index (χ3n) is 3.86. The number of pyridine rings is 1. The van der Waals surface area contributed by atoms with Crippen LogP contribution in [0.1, 0.15) is 10.4 Å². The molecule has 1 aromatic carbocycles. The number of anilines is 2. The van der Waals surface area contributed by atoms with Crippen LogP contribution in [0.4, 0.5) is 15.9 Å². The number of hydrogen-bond acceptors (Lipinski definition) is 6. The smallest absolute Gasteiger partial charge is 0.257 e. The van der Waals surface area contributed by atoms with E-state index in [4.69, 9.17) is 16.3 Å². The van der Waals surface area contributed by atoms with Crippen LogP contribution in [-0.2, 0) is 0 Å². The van der Waals surface area contributed by atoms with Gasteiger partial charge in [0.05, 0.1) is 30.1 Å². The van der Waals surface area contributed by atoms with Crippen molar-refractivity contribution in [2.75, 3.05) is 26.5 Å². The third kappa shape index (κ3) is 4.01. The summed E-state index contributed by atoms with van der Waals surface area (Å²) in [6.07, 6.45) is 4.41. The molecule has 2 heterocycles. The largest absolute Gasteiger partial charge is 0.491 e. The maximum Gasteiger partial charge on any atom is 0.257 e. The van der Waals surface area contributed by atoms with Crippen molar-refractivity contribution in [2.24, 2.45) is 0 Å². The number of halogens is 2. The first-order valence-electron chi connectivity index (χ1n) is 8.20. The zero-order valence-electron chi connectivity index (χ0n) is 15.4. The van der Waals surface area contributed by atoms with Crippen molar-refractivity contribution in [2.45, 2.75) is 0 Å². The van der Waals surface area contributed by atoms with Crippen molar-refractivity contribution < 1.29 is 13.9 Å². The van der Waals surface area contributed by atoms with Gasteiger partial charge in [0, 0.05) is 31.5 Å². The van der Waals surface area contributed by atoms with E-state index in [0.29, 0.717) is 22.0 Å². The van der Waals surface area contributed by atoms with Gasteiger partial charge in [0.2, 0.25) is 0 Å². The highest BCUT2D eigenvalue weighted by Gasteiger charge is 2.17. The number of amides is 1. The van der Waals surface area contributed by atoms with Crippen molar-refractivity contribution in [3.05, 3.63) is 59.3 Å². The average Bonchev–Trinajstić information content (AvgIpc) is 2.69. The zero-order chi connectivity index (χ0) is 20.3. The van der Waals surface area contributed by atoms with E-state index < -0.39 is 5.82 Å². The predicted octanol–water partition coefficient (Wildman–Crippen LogP) is 3.79. The van der Waals surface area contributed by atoms with Gasteiger partial charge in [-0.25, -0.2) is 14.4 Å². The predicted molar refractivity (Wildman–Crippen MR) is 105 cm³/mol. The summed E-state index contributed by atoms with van der Waals surface area (Å²) < 4.78 is 19.5. The Morgan fingerprint density at radius 1 is 1.25 bits per heavy atom. The molecule has 0 fully saturated rings. The van der Waals surface area contributed by atoms with E-state index in [1.54, 1.807) is 26.4 Å². The molecule has 9 heteroatoms. The topological polar surface area (TPSA) is 80.2 Å². The second-order valence-electron chi connectivity index (χ2n) is 5.98. The number of carbonyl (C=O) groups is 1. The van der Waals surface area contributed by atoms with E-state index in [1.807, 2.05) is 0 Å². The summed E-state index contributed by atoms with van der Waals surface area (Å²) in [5, 5.41) is 3.41. The van der Waals surface area contributed by atoms with Crippen LogP contribution in [0.25, 0.3) is 11.4 Å². The van der Waals surface area contributed by atoms with Gasteiger partial charge in [0.25, 0.3) is 5.91 Å². The Labute approximate surface area is 166 Å². The minimum absolute atomic E-state index is 0.123. The summed E-state index contributed by atoms with van der Waals surface area (Å²) in [6.45, 7) is 0. The monoisotopic (exact) mass is 401 g/mol. The van der Waals surface area contributed by atoms with Crippen LogP contribution in [-0.4, -0.2) is 47.0 Å². The van der Waals surface area contributed by atoms with Crippen LogP contribution < -0.4 is 10.1 Å². The summed E-state index contributed by atoms with van der Waals surface area (Å²) in [6, 6.07) is 5.77. The van der Waals surface area contributed by atoms with Crippen LogP contribution in [0.15, 0.2) is 42.9 Å². The lowest BCUT2D eigenvalue weighted by Crippen LogP contribution is -2.22. The third-order valence-corrected chi connectivity index (χ3v) is 4.09. The second-order valence-corrected chi connectivity index (χ2v) is 6.42. The summed E-state index contributed by atoms with van der Waals surface area (Å²) in [7, 11) is 4.75. The van der Waals surface area contributed by atoms with Crippen molar-refractivity contribution >= 4 is 29.0 Å². The summed E-state index contributed by atoms with van der Waals surface area (Å²) in [4.78, 5) is 26.4. The number of benzene rings is 1. The van der Waals surface area contributed by atoms with Crippen LogP contribution in [0.2, 0.25) is 5.02 Å². The zero-order valence-corrected chi connectivity index (χ0v) is 16.2. The molecule has 3 aromatic rings. The Bertz CT molecular complexity index is 1030. The number of carbonyl (C=O) groups excluding carboxylic acids is 1. The van der Waals surface area contributed by atoms with E-state index in [1.165, 1.54) is 42.6 Å². The van der Waals surface area contributed by atoms with E-state index in [2.05, 4.69) is 20.3 Å². The maximum absolute atomic E-state index is 14.2. The Hall–Kier alpha value is -3.26. The quantitative estimate of drug-likeness (QED) is 0.700. The van der Waals surface area contributed by atoms with Gasteiger partial charge in [-0.2, -0.15) is 0 Å². The molecular weight excluding hydrogens is 385 g/mol. The Balaban J connectivity index is 2.06. The molecule has 7 nitrogen and oxygen atoms in total. The number of ether oxygens (including phenoxy) is 1. The molecule has 0 bridgehead atoms. The lowest BCUT2D eigenvalue weighted by atomic mass is 10.2. The number of nitrogens with one attached hydrogen (secondary N) is 1. The first-order valence-corrected chi connectivity index (χ1v) is 8.57. The highest BCUT2D eigenvalue weighted by Crippen LogP contribution is 2.30. The van der Waals surface area contributed by atoms with Gasteiger partial charge in [-0.15, -0.1) is 0 Å². The fraction of sp³-hybridized carbons (Fsp3) is 0.158. The first kappa shape index (κ1) is 19.5. The molecule has 3 rings (SSSR count). The standard InChI is InChI=1S/C19H17ClFN5O2/c1-26(2)19(27)13-9-22-7-6-15(13)24-18-16(28-3)10-23-17(25-18)12-8-11(20)4-5-14(12)21/h4-10H,1-3H3,(H,22,23,24,25). The van der Waals surface area contributed by atoms with E-state index in [-0.39, 0.29) is 23.1 Å². The molecule has 0 aliphatic carbocycles. The molecule has 0 saturated heterocycles. The number of rotatable bonds is 5. The van der Waals surface area contributed by atoms with Gasteiger partial charge in [0.1, 0.15) is 5.82 Å². The SMILES string of the molecule is COc1cnc(-c2cc(Cl)ccc2F)nc1Nc1ccncc1C(=O)N(C)C. The molecule has 1 amide bonds. The lowest BCUT2D eigenvalue weighted by molar-refractivity contribution is 0.0828. The van der Waals surface area contributed by atoms with Gasteiger partial charge >= 0.3 is 0 Å². The van der Waals surface area contributed by atoms with E-state index >= 15 is 0 Å². The number of nitrogens with zero attached hydrogens (tertiary/aromatic N) is 4. The molecule has 0 aliphatic heterocycles. The van der Waals surface area contributed by atoms with Gasteiger partial charge < -0.3 is 15.0 Å². The minimum Gasteiger partial charge on any atom is -0.491 e. The van der Waals surface area contributed by atoms with Crippen molar-refractivity contribution in [3.8, 4) is 17.1 Å². The van der Waals surface area contributed by atoms with Crippen LogP contribution in [0.5, 0.6) is 5.75 Å². The number of methoxy groups -OCH3 is 1. The molecule has 1 N–H and O–H groups in total. The molecule has 0 spiro atoms. The highest BCUT2D eigenvalue weighted by atomic mass is 35.5. The lowest BCUT2D eigenvalue weighted by Gasteiger charge is -2.16. The van der Waals surface area contributed by atoms with E-state index in [9.17, 15) is 9.18 Å². The Morgan fingerprint density at radius 2 is 2.04 bits per heavy atom. The Morgan fingerprint density at radius 3 is 2.75 bits per heavy atom. The van der Waals surface area contributed by atoms with E-state index in [0.717, 1.165) is 0 Å². The van der Waals surface area contributed by atoms with Gasteiger partial charge in [-0.1, -0.05) is 11.6 Å². The van der Waals surface area contributed by atoms with Gasteiger partial charge in [-0.3, -0.25) is 9.78 Å². The summed E-state index contributed by atoms with van der Waals surface area (Å²) >= 11 is 5.97. The fourth-order valence-corrected chi connectivity index (χ4v) is 2.62. The van der Waals surface area contributed by atoms with Crippen molar-refractivity contribution in [1.82, 2.24) is 19.9 Å². The first-order chi connectivity index (χ1) is 13.4. The molecule has 144 valence electrons. The molecule has 0 atom stereocenters. The van der Waals surface area contributed by atoms with Crippen LogP contribution in [0, 0.1) is 5.82 Å². The average molecular weight is 402 g/mol. The molecular formula is C19H17ClFN5O2. The summed E-state index contributed by atoms with van der Waals surface area (Å²) in [5.41, 5.74) is 0.976. The summed E-state index contributed by atoms with van der Waals surface area (Å²) in [5.74, 6) is -0.0207. The van der Waals surface area contributed by atoms with Crippen molar-refractivity contribution in [3.63, 3.8) is 0 Å². The van der Waals surface area contributed by atoms with Crippen LogP contribution >= 0.6 is 11.6 Å². The fourth-order valence-electron chi connectivity index (χ4n) is 2.45. The number of hydrogen-bond donors (Lipinski definition) is 1. The van der Waals surface area contributed by atoms with Crippen LogP contribution in [0.3, 0.4) is 0 Å². The molecule has 28 heavy (non-hydrogen) atoms. The van der Waals surface area contributed by atoms with Gasteiger partial charge in [0.15, 0.2) is 17.4 Å². The number of aromatic nitrogens is 3. The molecule has 2 aromatic heterocycles. The molecule has 0 unspecified atom stereocenters. The molecule has 0 saturated carbocycles. The van der Waals surface area contributed by atoms with Gasteiger partial charge in [-0.05, 0) is 24.3 Å². The molecule has 0 aliphatic rings. The minimum atomic E-state index is -0.507. The Kier molecular flexibility index (Phi) is 5.70. The maximum atomic E-state index is 14.2.